The highest BCUT2D eigenvalue weighted by Gasteiger charge is 2.15. The minimum absolute atomic E-state index is 0.00488. The lowest BCUT2D eigenvalue weighted by molar-refractivity contribution is -0.121. The van der Waals surface area contributed by atoms with E-state index in [2.05, 4.69) is 11.9 Å². The highest BCUT2D eigenvalue weighted by Crippen LogP contribution is 2.31. The fraction of sp³-hybridized carbons (Fsp3) is 0.400. The summed E-state index contributed by atoms with van der Waals surface area (Å²) in [5.41, 5.74) is 0.997. The number of rotatable bonds is 7. The summed E-state index contributed by atoms with van der Waals surface area (Å²) in [5.74, 6) is 1.56. The van der Waals surface area contributed by atoms with E-state index in [0.717, 1.165) is 17.1 Å². The van der Waals surface area contributed by atoms with Gasteiger partial charge in [-0.1, -0.05) is 19.1 Å². The summed E-state index contributed by atoms with van der Waals surface area (Å²) in [5, 5.41) is 2.77. The molecule has 19 heavy (non-hydrogen) atoms. The number of carbonyl (C=O) groups excluding carboxylic acids is 1. The average molecular weight is 263 g/mol. The van der Waals surface area contributed by atoms with Gasteiger partial charge in [0.25, 0.3) is 0 Å². The zero-order valence-corrected chi connectivity index (χ0v) is 11.7. The summed E-state index contributed by atoms with van der Waals surface area (Å²) >= 11 is 0. The van der Waals surface area contributed by atoms with Crippen LogP contribution in [0.1, 0.15) is 24.8 Å². The molecule has 0 aromatic heterocycles. The van der Waals surface area contributed by atoms with Crippen LogP contribution in [0.4, 0.5) is 0 Å². The third kappa shape index (κ3) is 4.32. The van der Waals surface area contributed by atoms with E-state index in [-0.39, 0.29) is 11.8 Å². The number of benzene rings is 1. The van der Waals surface area contributed by atoms with Crippen molar-refractivity contribution in [1.82, 2.24) is 5.32 Å². The van der Waals surface area contributed by atoms with Gasteiger partial charge in [0.1, 0.15) is 11.5 Å². The second kappa shape index (κ2) is 7.46. The van der Waals surface area contributed by atoms with Crippen LogP contribution in [0.2, 0.25) is 0 Å². The lowest BCUT2D eigenvalue weighted by Crippen LogP contribution is -2.24. The highest BCUT2D eigenvalue weighted by atomic mass is 16.5. The van der Waals surface area contributed by atoms with Gasteiger partial charge in [-0.25, -0.2) is 0 Å². The Morgan fingerprint density at radius 1 is 1.42 bits per heavy atom. The Bertz CT molecular complexity index is 443. The van der Waals surface area contributed by atoms with Crippen molar-refractivity contribution in [2.24, 2.45) is 0 Å². The first-order valence-electron chi connectivity index (χ1n) is 6.21. The molecule has 1 rings (SSSR count). The monoisotopic (exact) mass is 263 g/mol. The SMILES string of the molecule is C=CCNC(=O)CC(C)c1ccc(OC)cc1OC. The summed E-state index contributed by atoms with van der Waals surface area (Å²) in [7, 11) is 3.23. The van der Waals surface area contributed by atoms with Crippen molar-refractivity contribution in [2.45, 2.75) is 19.3 Å². The Morgan fingerprint density at radius 3 is 2.74 bits per heavy atom. The van der Waals surface area contributed by atoms with Crippen LogP contribution in [0.15, 0.2) is 30.9 Å². The predicted molar refractivity (Wildman–Crippen MR) is 75.8 cm³/mol. The second-order valence-corrected chi connectivity index (χ2v) is 4.31. The van der Waals surface area contributed by atoms with E-state index >= 15 is 0 Å². The summed E-state index contributed by atoms with van der Waals surface area (Å²) in [6.45, 7) is 6.06. The number of amides is 1. The Morgan fingerprint density at radius 2 is 2.16 bits per heavy atom. The van der Waals surface area contributed by atoms with Crippen molar-refractivity contribution in [3.05, 3.63) is 36.4 Å². The molecule has 0 aliphatic carbocycles. The fourth-order valence-electron chi connectivity index (χ4n) is 1.87. The van der Waals surface area contributed by atoms with Crippen molar-refractivity contribution in [2.75, 3.05) is 20.8 Å². The van der Waals surface area contributed by atoms with Crippen LogP contribution in [-0.2, 0) is 4.79 Å². The maximum absolute atomic E-state index is 11.7. The third-order valence-corrected chi connectivity index (χ3v) is 2.91. The molecule has 0 fully saturated rings. The van der Waals surface area contributed by atoms with Gasteiger partial charge in [-0.3, -0.25) is 4.79 Å². The maximum Gasteiger partial charge on any atom is 0.220 e. The van der Waals surface area contributed by atoms with Crippen LogP contribution in [0.25, 0.3) is 0 Å². The molecular formula is C15H21NO3. The molecule has 1 unspecified atom stereocenters. The minimum atomic E-state index is 0.00488. The lowest BCUT2D eigenvalue weighted by atomic mass is 9.96. The van der Waals surface area contributed by atoms with Gasteiger partial charge in [0.05, 0.1) is 14.2 Å². The molecule has 4 nitrogen and oxygen atoms in total. The van der Waals surface area contributed by atoms with Crippen molar-refractivity contribution in [1.29, 1.82) is 0 Å². The van der Waals surface area contributed by atoms with Gasteiger partial charge in [-0.2, -0.15) is 0 Å². The van der Waals surface area contributed by atoms with Crippen LogP contribution >= 0.6 is 0 Å². The Hall–Kier alpha value is -1.97. The first-order valence-corrected chi connectivity index (χ1v) is 6.21. The Balaban J connectivity index is 2.78. The van der Waals surface area contributed by atoms with Crippen LogP contribution in [0, 0.1) is 0 Å². The Kier molecular flexibility index (Phi) is 5.93. The molecule has 1 aromatic rings. The van der Waals surface area contributed by atoms with E-state index in [0.29, 0.717) is 13.0 Å². The zero-order chi connectivity index (χ0) is 14.3. The summed E-state index contributed by atoms with van der Waals surface area (Å²) < 4.78 is 10.5. The standard InChI is InChI=1S/C15H21NO3/c1-5-8-16-15(17)9-11(2)13-7-6-12(18-3)10-14(13)19-4/h5-7,10-11H,1,8-9H2,2-4H3,(H,16,17). The van der Waals surface area contributed by atoms with Crippen molar-refractivity contribution in [3.8, 4) is 11.5 Å². The van der Waals surface area contributed by atoms with Gasteiger partial charge in [0, 0.05) is 19.0 Å². The summed E-state index contributed by atoms with van der Waals surface area (Å²) in [6.07, 6.45) is 2.08. The van der Waals surface area contributed by atoms with Gasteiger partial charge in [-0.05, 0) is 17.5 Å². The molecule has 1 aromatic carbocycles. The summed E-state index contributed by atoms with van der Waals surface area (Å²) in [6, 6.07) is 5.63. The molecular weight excluding hydrogens is 242 g/mol. The number of hydrogen-bond acceptors (Lipinski definition) is 3. The first kappa shape index (κ1) is 15.1. The molecule has 0 aliphatic rings. The highest BCUT2D eigenvalue weighted by molar-refractivity contribution is 5.77. The van der Waals surface area contributed by atoms with Crippen molar-refractivity contribution in [3.63, 3.8) is 0 Å². The smallest absolute Gasteiger partial charge is 0.220 e. The van der Waals surface area contributed by atoms with E-state index in [1.165, 1.54) is 0 Å². The molecule has 4 heteroatoms. The Labute approximate surface area is 114 Å². The van der Waals surface area contributed by atoms with Gasteiger partial charge in [0.2, 0.25) is 5.91 Å². The largest absolute Gasteiger partial charge is 0.497 e. The van der Waals surface area contributed by atoms with Crippen LogP contribution in [0.3, 0.4) is 0 Å². The number of methoxy groups -OCH3 is 2. The van der Waals surface area contributed by atoms with Gasteiger partial charge >= 0.3 is 0 Å². The zero-order valence-electron chi connectivity index (χ0n) is 11.7. The molecule has 0 saturated carbocycles. The molecule has 0 saturated heterocycles. The van der Waals surface area contributed by atoms with Gasteiger partial charge in [-0.15, -0.1) is 6.58 Å². The van der Waals surface area contributed by atoms with Gasteiger partial charge in [0.15, 0.2) is 0 Å². The maximum atomic E-state index is 11.7. The minimum Gasteiger partial charge on any atom is -0.497 e. The lowest BCUT2D eigenvalue weighted by Gasteiger charge is -2.16. The van der Waals surface area contributed by atoms with E-state index in [9.17, 15) is 4.79 Å². The molecule has 0 radical (unpaired) electrons. The molecule has 1 N–H and O–H groups in total. The predicted octanol–water partition coefficient (Wildman–Crippen LogP) is 2.50. The van der Waals surface area contributed by atoms with Crippen molar-refractivity contribution < 1.29 is 14.3 Å². The van der Waals surface area contributed by atoms with E-state index in [1.807, 2.05) is 25.1 Å². The molecule has 0 bridgehead atoms. The molecule has 1 amide bonds. The fourth-order valence-corrected chi connectivity index (χ4v) is 1.87. The van der Waals surface area contributed by atoms with Gasteiger partial charge < -0.3 is 14.8 Å². The normalized spacial score (nSPS) is 11.5. The number of hydrogen-bond donors (Lipinski definition) is 1. The first-order chi connectivity index (χ1) is 9.12. The van der Waals surface area contributed by atoms with E-state index in [4.69, 9.17) is 9.47 Å². The molecule has 0 aliphatic heterocycles. The molecule has 104 valence electrons. The average Bonchev–Trinajstić information content (AvgIpc) is 2.44. The van der Waals surface area contributed by atoms with Crippen LogP contribution in [0.5, 0.6) is 11.5 Å². The van der Waals surface area contributed by atoms with E-state index in [1.54, 1.807) is 20.3 Å². The molecule has 1 atom stereocenters. The topological polar surface area (TPSA) is 47.6 Å². The quantitative estimate of drug-likeness (QED) is 0.769. The number of nitrogens with one attached hydrogen (secondary N) is 1. The number of ether oxygens (including phenoxy) is 2. The summed E-state index contributed by atoms with van der Waals surface area (Å²) in [4.78, 5) is 11.7. The molecule has 0 spiro atoms. The van der Waals surface area contributed by atoms with Crippen LogP contribution in [-0.4, -0.2) is 26.7 Å². The van der Waals surface area contributed by atoms with E-state index < -0.39 is 0 Å². The van der Waals surface area contributed by atoms with Crippen molar-refractivity contribution >= 4 is 5.91 Å². The molecule has 0 heterocycles. The van der Waals surface area contributed by atoms with Crippen LogP contribution < -0.4 is 14.8 Å². The second-order valence-electron chi connectivity index (χ2n) is 4.31. The number of carbonyl (C=O) groups is 1. The third-order valence-electron chi connectivity index (χ3n) is 2.91.